The predicted octanol–water partition coefficient (Wildman–Crippen LogP) is 2.53. The highest BCUT2D eigenvalue weighted by atomic mass is 16.4. The van der Waals surface area contributed by atoms with Gasteiger partial charge in [0.25, 0.3) is 0 Å². The lowest BCUT2D eigenvalue weighted by Gasteiger charge is -2.06. The van der Waals surface area contributed by atoms with Crippen LogP contribution in [-0.2, 0) is 4.79 Å². The van der Waals surface area contributed by atoms with Gasteiger partial charge in [-0.1, -0.05) is 12.1 Å². The van der Waals surface area contributed by atoms with Crippen molar-refractivity contribution in [1.82, 2.24) is 4.98 Å². The van der Waals surface area contributed by atoms with Crippen LogP contribution >= 0.6 is 0 Å². The van der Waals surface area contributed by atoms with Crippen LogP contribution in [0.25, 0.3) is 11.5 Å². The lowest BCUT2D eigenvalue weighted by molar-refractivity contribution is -0.138. The van der Waals surface area contributed by atoms with Crippen molar-refractivity contribution in [1.29, 1.82) is 0 Å². The van der Waals surface area contributed by atoms with E-state index in [0.29, 0.717) is 5.89 Å². The second-order valence-corrected chi connectivity index (χ2v) is 3.52. The summed E-state index contributed by atoms with van der Waals surface area (Å²) in [5.74, 6) is -0.794. The first-order chi connectivity index (χ1) is 7.68. The number of aromatic nitrogens is 1. The summed E-state index contributed by atoms with van der Waals surface area (Å²) >= 11 is 0. The van der Waals surface area contributed by atoms with Gasteiger partial charge >= 0.3 is 5.97 Å². The zero-order chi connectivity index (χ0) is 11.5. The van der Waals surface area contributed by atoms with Crippen molar-refractivity contribution in [2.24, 2.45) is 0 Å². The molecular formula is C12H11NO3. The van der Waals surface area contributed by atoms with Gasteiger partial charge in [0, 0.05) is 5.56 Å². The van der Waals surface area contributed by atoms with Crippen LogP contribution in [0.1, 0.15) is 18.4 Å². The number of oxazole rings is 1. The molecular weight excluding hydrogens is 206 g/mol. The summed E-state index contributed by atoms with van der Waals surface area (Å²) in [5.41, 5.74) is 1.61. The molecule has 2 rings (SSSR count). The number of hydrogen-bond donors (Lipinski definition) is 1. The predicted molar refractivity (Wildman–Crippen MR) is 58.0 cm³/mol. The summed E-state index contributed by atoms with van der Waals surface area (Å²) in [4.78, 5) is 14.8. The maximum atomic E-state index is 10.8. The molecule has 0 aliphatic rings. The lowest BCUT2D eigenvalue weighted by Crippen LogP contribution is -2.06. The van der Waals surface area contributed by atoms with Crippen LogP contribution in [0.3, 0.4) is 0 Å². The Morgan fingerprint density at radius 1 is 1.38 bits per heavy atom. The standard InChI is InChI=1S/C12H11NO3/c1-8(12(14)15)9-2-4-10(5-3-9)11-13-6-7-16-11/h2-8H,1H3,(H,14,15). The van der Waals surface area contributed by atoms with Gasteiger partial charge in [0.15, 0.2) is 0 Å². The highest BCUT2D eigenvalue weighted by molar-refractivity contribution is 5.75. The number of hydrogen-bond acceptors (Lipinski definition) is 3. The molecule has 0 amide bonds. The smallest absolute Gasteiger partial charge is 0.310 e. The fourth-order valence-corrected chi connectivity index (χ4v) is 1.42. The SMILES string of the molecule is CC(C(=O)O)c1ccc(-c2ncco2)cc1. The van der Waals surface area contributed by atoms with Crippen molar-refractivity contribution in [3.05, 3.63) is 42.3 Å². The molecule has 1 N–H and O–H groups in total. The molecule has 0 radical (unpaired) electrons. The summed E-state index contributed by atoms with van der Waals surface area (Å²) in [6.45, 7) is 1.66. The second-order valence-electron chi connectivity index (χ2n) is 3.52. The van der Waals surface area contributed by atoms with E-state index in [1.165, 1.54) is 6.26 Å². The van der Waals surface area contributed by atoms with Crippen molar-refractivity contribution < 1.29 is 14.3 Å². The van der Waals surface area contributed by atoms with Crippen LogP contribution in [0.15, 0.2) is 41.1 Å². The first-order valence-electron chi connectivity index (χ1n) is 4.91. The molecule has 0 fully saturated rings. The quantitative estimate of drug-likeness (QED) is 0.858. The molecule has 16 heavy (non-hydrogen) atoms. The maximum Gasteiger partial charge on any atom is 0.310 e. The average molecular weight is 217 g/mol. The topological polar surface area (TPSA) is 63.3 Å². The Kier molecular flexibility index (Phi) is 2.72. The molecule has 0 spiro atoms. The molecule has 4 nitrogen and oxygen atoms in total. The fraction of sp³-hybridized carbons (Fsp3) is 0.167. The fourth-order valence-electron chi connectivity index (χ4n) is 1.42. The molecule has 82 valence electrons. The van der Waals surface area contributed by atoms with Crippen LogP contribution < -0.4 is 0 Å². The van der Waals surface area contributed by atoms with E-state index in [9.17, 15) is 4.79 Å². The summed E-state index contributed by atoms with van der Waals surface area (Å²) in [6, 6.07) is 7.16. The van der Waals surface area contributed by atoms with Gasteiger partial charge in [0.1, 0.15) is 6.26 Å². The minimum Gasteiger partial charge on any atom is -0.481 e. The third kappa shape index (κ3) is 1.95. The van der Waals surface area contributed by atoms with E-state index in [1.807, 2.05) is 0 Å². The molecule has 2 aromatic rings. The van der Waals surface area contributed by atoms with Gasteiger partial charge in [-0.05, 0) is 24.6 Å². The second kappa shape index (κ2) is 4.18. The van der Waals surface area contributed by atoms with Gasteiger partial charge in [-0.15, -0.1) is 0 Å². The molecule has 0 aliphatic carbocycles. The highest BCUT2D eigenvalue weighted by Crippen LogP contribution is 2.21. The first-order valence-corrected chi connectivity index (χ1v) is 4.91. The number of aliphatic carboxylic acids is 1. The van der Waals surface area contributed by atoms with E-state index in [2.05, 4.69) is 4.98 Å². The Bertz CT molecular complexity index is 473. The van der Waals surface area contributed by atoms with E-state index < -0.39 is 11.9 Å². The molecule has 1 atom stereocenters. The van der Waals surface area contributed by atoms with E-state index in [0.717, 1.165) is 11.1 Å². The van der Waals surface area contributed by atoms with E-state index in [-0.39, 0.29) is 0 Å². The third-order valence-corrected chi connectivity index (χ3v) is 2.46. The molecule has 1 aromatic heterocycles. The minimum absolute atomic E-state index is 0.501. The highest BCUT2D eigenvalue weighted by Gasteiger charge is 2.13. The molecule has 0 aliphatic heterocycles. The van der Waals surface area contributed by atoms with Gasteiger partial charge in [0.2, 0.25) is 5.89 Å². The summed E-state index contributed by atoms with van der Waals surface area (Å²) in [7, 11) is 0. The van der Waals surface area contributed by atoms with Crippen LogP contribution in [-0.4, -0.2) is 16.1 Å². The molecule has 4 heteroatoms. The van der Waals surface area contributed by atoms with Gasteiger partial charge in [0.05, 0.1) is 12.1 Å². The zero-order valence-electron chi connectivity index (χ0n) is 8.75. The van der Waals surface area contributed by atoms with Crippen molar-refractivity contribution in [3.8, 4) is 11.5 Å². The molecule has 0 saturated carbocycles. The number of nitrogens with zero attached hydrogens (tertiary/aromatic N) is 1. The summed E-state index contributed by atoms with van der Waals surface area (Å²) < 4.78 is 5.14. The Hall–Kier alpha value is -2.10. The molecule has 1 heterocycles. The van der Waals surface area contributed by atoms with Crippen LogP contribution in [0, 0.1) is 0 Å². The van der Waals surface area contributed by atoms with Crippen molar-refractivity contribution >= 4 is 5.97 Å². The number of carboxylic acid groups (broad SMARTS) is 1. The number of carbonyl (C=O) groups is 1. The van der Waals surface area contributed by atoms with Gasteiger partial charge in [-0.3, -0.25) is 4.79 Å². The van der Waals surface area contributed by atoms with Crippen LogP contribution in [0.5, 0.6) is 0 Å². The average Bonchev–Trinajstić information content (AvgIpc) is 2.81. The van der Waals surface area contributed by atoms with Gasteiger partial charge < -0.3 is 9.52 Å². The van der Waals surface area contributed by atoms with E-state index in [1.54, 1.807) is 37.4 Å². The maximum absolute atomic E-state index is 10.8. The van der Waals surface area contributed by atoms with Crippen molar-refractivity contribution in [2.75, 3.05) is 0 Å². The minimum atomic E-state index is -0.830. The normalized spacial score (nSPS) is 12.3. The summed E-state index contributed by atoms with van der Waals surface area (Å²) in [6.07, 6.45) is 3.08. The number of carboxylic acids is 1. The molecule has 1 unspecified atom stereocenters. The number of rotatable bonds is 3. The van der Waals surface area contributed by atoms with E-state index in [4.69, 9.17) is 9.52 Å². The van der Waals surface area contributed by atoms with Crippen molar-refractivity contribution in [2.45, 2.75) is 12.8 Å². The van der Waals surface area contributed by atoms with Gasteiger partial charge in [-0.2, -0.15) is 0 Å². The third-order valence-electron chi connectivity index (χ3n) is 2.46. The largest absolute Gasteiger partial charge is 0.481 e. The Morgan fingerprint density at radius 2 is 2.06 bits per heavy atom. The lowest BCUT2D eigenvalue weighted by atomic mass is 10.0. The van der Waals surface area contributed by atoms with Crippen LogP contribution in [0.2, 0.25) is 0 Å². The number of benzene rings is 1. The Labute approximate surface area is 92.6 Å². The molecule has 1 aromatic carbocycles. The first kappa shape index (κ1) is 10.4. The monoisotopic (exact) mass is 217 g/mol. The zero-order valence-corrected chi connectivity index (χ0v) is 8.75. The molecule has 0 bridgehead atoms. The molecule has 0 saturated heterocycles. The Morgan fingerprint density at radius 3 is 2.56 bits per heavy atom. The Balaban J connectivity index is 2.26. The van der Waals surface area contributed by atoms with E-state index >= 15 is 0 Å². The van der Waals surface area contributed by atoms with Crippen molar-refractivity contribution in [3.63, 3.8) is 0 Å². The van der Waals surface area contributed by atoms with Gasteiger partial charge in [-0.25, -0.2) is 4.98 Å². The van der Waals surface area contributed by atoms with Crippen LogP contribution in [0.4, 0.5) is 0 Å². The summed E-state index contributed by atoms with van der Waals surface area (Å²) in [5, 5.41) is 8.86.